The maximum Gasteiger partial charge on any atom is 0.320 e. The minimum Gasteiger partial charge on any atom is -0.381 e. The number of hydrogen-bond donors (Lipinski definition) is 0. The molecule has 7 nitrogen and oxygen atoms in total. The van der Waals surface area contributed by atoms with E-state index in [1.165, 1.54) is 0 Å². The zero-order valence-corrected chi connectivity index (χ0v) is 16.2. The maximum absolute atomic E-state index is 12.9. The van der Waals surface area contributed by atoms with Crippen molar-refractivity contribution < 1.29 is 14.3 Å². The second-order valence-electron chi connectivity index (χ2n) is 8.06. The summed E-state index contributed by atoms with van der Waals surface area (Å²) in [5.41, 5.74) is 1.45. The van der Waals surface area contributed by atoms with Crippen LogP contribution in [-0.2, 0) is 4.74 Å². The highest BCUT2D eigenvalue weighted by molar-refractivity contribution is 5.94. The standard InChI is InChI=1S/C20H28N4O3/c1-15-3-4-16(13-21-15)18(25)23-9-5-17(6-10-23)24-19(26)22(2)14-20(24)7-11-27-12-8-20/h3-4,13,17H,5-12,14H2,1-2H3. The van der Waals surface area contributed by atoms with Gasteiger partial charge in [-0.3, -0.25) is 9.78 Å². The molecule has 0 bridgehead atoms. The molecule has 3 aliphatic rings. The molecule has 146 valence electrons. The number of likely N-dealkylation sites (N-methyl/N-ethyl adjacent to an activating group) is 1. The number of amides is 3. The van der Waals surface area contributed by atoms with Crippen molar-refractivity contribution in [3.63, 3.8) is 0 Å². The van der Waals surface area contributed by atoms with Crippen LogP contribution in [0.1, 0.15) is 41.7 Å². The molecule has 3 fully saturated rings. The van der Waals surface area contributed by atoms with E-state index in [2.05, 4.69) is 9.88 Å². The molecule has 4 rings (SSSR count). The van der Waals surface area contributed by atoms with Crippen LogP contribution in [0.15, 0.2) is 18.3 Å². The van der Waals surface area contributed by atoms with E-state index in [0.29, 0.717) is 18.7 Å². The van der Waals surface area contributed by atoms with Gasteiger partial charge in [-0.25, -0.2) is 4.79 Å². The molecular weight excluding hydrogens is 344 g/mol. The topological polar surface area (TPSA) is 66.0 Å². The van der Waals surface area contributed by atoms with Crippen LogP contribution >= 0.6 is 0 Å². The second-order valence-corrected chi connectivity index (χ2v) is 8.06. The van der Waals surface area contributed by atoms with E-state index in [1.807, 2.05) is 35.9 Å². The Morgan fingerprint density at radius 2 is 1.93 bits per heavy atom. The molecule has 1 aromatic rings. The normalized spacial score (nSPS) is 23.3. The van der Waals surface area contributed by atoms with Gasteiger partial charge >= 0.3 is 6.03 Å². The van der Waals surface area contributed by atoms with Crippen LogP contribution in [0.4, 0.5) is 4.79 Å². The van der Waals surface area contributed by atoms with Gasteiger partial charge < -0.3 is 19.4 Å². The van der Waals surface area contributed by atoms with E-state index in [-0.39, 0.29) is 23.5 Å². The quantitative estimate of drug-likeness (QED) is 0.795. The molecule has 27 heavy (non-hydrogen) atoms. The van der Waals surface area contributed by atoms with Gasteiger partial charge in [0.1, 0.15) is 0 Å². The molecule has 3 saturated heterocycles. The molecule has 7 heteroatoms. The number of carbonyl (C=O) groups is 2. The van der Waals surface area contributed by atoms with Crippen LogP contribution in [-0.4, -0.2) is 83.1 Å². The molecular formula is C20H28N4O3. The van der Waals surface area contributed by atoms with Crippen molar-refractivity contribution in [2.24, 2.45) is 0 Å². The third kappa shape index (κ3) is 3.29. The summed E-state index contributed by atoms with van der Waals surface area (Å²) >= 11 is 0. The van der Waals surface area contributed by atoms with Crippen LogP contribution in [0.2, 0.25) is 0 Å². The number of rotatable bonds is 2. The molecule has 0 N–H and O–H groups in total. The Hall–Kier alpha value is -2.15. The first-order valence-corrected chi connectivity index (χ1v) is 9.84. The van der Waals surface area contributed by atoms with E-state index < -0.39 is 0 Å². The number of piperidine rings is 1. The highest BCUT2D eigenvalue weighted by Gasteiger charge is 2.52. The van der Waals surface area contributed by atoms with Gasteiger partial charge in [0.15, 0.2) is 0 Å². The van der Waals surface area contributed by atoms with E-state index in [4.69, 9.17) is 4.74 Å². The van der Waals surface area contributed by atoms with Gasteiger partial charge in [0, 0.05) is 57.8 Å². The molecule has 3 amide bonds. The summed E-state index contributed by atoms with van der Waals surface area (Å²) in [6.07, 6.45) is 5.11. The van der Waals surface area contributed by atoms with Crippen LogP contribution in [0.3, 0.4) is 0 Å². The molecule has 0 aliphatic carbocycles. The van der Waals surface area contributed by atoms with Gasteiger partial charge in [0.25, 0.3) is 5.91 Å². The number of hydrogen-bond acceptors (Lipinski definition) is 4. The summed E-state index contributed by atoms with van der Waals surface area (Å²) in [6, 6.07) is 4.03. The van der Waals surface area contributed by atoms with E-state index in [1.54, 1.807) is 6.20 Å². The minimum atomic E-state index is -0.0954. The first-order chi connectivity index (χ1) is 13.0. The molecule has 0 radical (unpaired) electrons. The number of pyridine rings is 1. The summed E-state index contributed by atoms with van der Waals surface area (Å²) < 4.78 is 5.55. The van der Waals surface area contributed by atoms with Crippen LogP contribution in [0.5, 0.6) is 0 Å². The zero-order chi connectivity index (χ0) is 19.0. The van der Waals surface area contributed by atoms with Crippen molar-refractivity contribution in [1.82, 2.24) is 19.7 Å². The smallest absolute Gasteiger partial charge is 0.320 e. The monoisotopic (exact) mass is 372 g/mol. The lowest BCUT2D eigenvalue weighted by atomic mass is 9.86. The number of aryl methyl sites for hydroxylation is 1. The van der Waals surface area contributed by atoms with Crippen LogP contribution in [0.25, 0.3) is 0 Å². The largest absolute Gasteiger partial charge is 0.381 e. The van der Waals surface area contributed by atoms with Crippen LogP contribution in [0, 0.1) is 6.92 Å². The van der Waals surface area contributed by atoms with E-state index in [0.717, 1.165) is 51.1 Å². The van der Waals surface area contributed by atoms with Crippen molar-refractivity contribution in [1.29, 1.82) is 0 Å². The Balaban J connectivity index is 1.44. The lowest BCUT2D eigenvalue weighted by Gasteiger charge is -2.46. The summed E-state index contributed by atoms with van der Waals surface area (Å²) in [5.74, 6) is 0.0339. The van der Waals surface area contributed by atoms with Crippen molar-refractivity contribution in [2.45, 2.75) is 44.2 Å². The van der Waals surface area contributed by atoms with E-state index in [9.17, 15) is 9.59 Å². The van der Waals surface area contributed by atoms with Crippen LogP contribution < -0.4 is 0 Å². The zero-order valence-electron chi connectivity index (χ0n) is 16.2. The predicted molar refractivity (Wildman–Crippen MR) is 101 cm³/mol. The second kappa shape index (κ2) is 7.11. The van der Waals surface area contributed by atoms with Crippen molar-refractivity contribution in [2.75, 3.05) is 39.9 Å². The van der Waals surface area contributed by atoms with Gasteiger partial charge in [0.05, 0.1) is 11.1 Å². The van der Waals surface area contributed by atoms with Gasteiger partial charge in [-0.2, -0.15) is 0 Å². The molecule has 0 saturated carbocycles. The Morgan fingerprint density at radius 1 is 1.22 bits per heavy atom. The predicted octanol–water partition coefficient (Wildman–Crippen LogP) is 1.91. The minimum absolute atomic E-state index is 0.0339. The fourth-order valence-electron chi connectivity index (χ4n) is 4.77. The number of nitrogens with zero attached hydrogens (tertiary/aromatic N) is 4. The molecule has 1 aromatic heterocycles. The summed E-state index contributed by atoms with van der Waals surface area (Å²) in [7, 11) is 1.89. The molecule has 0 unspecified atom stereocenters. The number of urea groups is 1. The lowest BCUT2D eigenvalue weighted by Crippen LogP contribution is -2.57. The van der Waals surface area contributed by atoms with Gasteiger partial charge in [-0.15, -0.1) is 0 Å². The van der Waals surface area contributed by atoms with Crippen molar-refractivity contribution in [3.05, 3.63) is 29.6 Å². The van der Waals surface area contributed by atoms with Crippen molar-refractivity contribution >= 4 is 11.9 Å². The number of ether oxygens (including phenoxy) is 1. The third-order valence-corrected chi connectivity index (χ3v) is 6.27. The first-order valence-electron chi connectivity index (χ1n) is 9.84. The highest BCUT2D eigenvalue weighted by atomic mass is 16.5. The fraction of sp³-hybridized carbons (Fsp3) is 0.650. The number of aromatic nitrogens is 1. The molecule has 3 aliphatic heterocycles. The Kier molecular flexibility index (Phi) is 4.80. The molecule has 4 heterocycles. The molecule has 1 spiro atoms. The lowest BCUT2D eigenvalue weighted by molar-refractivity contribution is -0.0151. The first kappa shape index (κ1) is 18.2. The molecule has 0 aromatic carbocycles. The SMILES string of the molecule is Cc1ccc(C(=O)N2CCC(N3C(=O)N(C)CC34CCOCC4)CC2)cn1. The molecule has 0 atom stereocenters. The fourth-order valence-corrected chi connectivity index (χ4v) is 4.77. The van der Waals surface area contributed by atoms with Crippen molar-refractivity contribution in [3.8, 4) is 0 Å². The Morgan fingerprint density at radius 3 is 2.56 bits per heavy atom. The average Bonchev–Trinajstić information content (AvgIpc) is 2.92. The summed E-state index contributed by atoms with van der Waals surface area (Å²) in [5, 5.41) is 0. The van der Waals surface area contributed by atoms with Gasteiger partial charge in [-0.05, 0) is 44.7 Å². The number of likely N-dealkylation sites (tertiary alicyclic amines) is 1. The summed E-state index contributed by atoms with van der Waals surface area (Å²) in [6.45, 7) is 5.49. The highest BCUT2D eigenvalue weighted by Crippen LogP contribution is 2.38. The van der Waals surface area contributed by atoms with Gasteiger partial charge in [-0.1, -0.05) is 0 Å². The van der Waals surface area contributed by atoms with Gasteiger partial charge in [0.2, 0.25) is 0 Å². The summed E-state index contributed by atoms with van der Waals surface area (Å²) in [4.78, 5) is 35.7. The van der Waals surface area contributed by atoms with E-state index >= 15 is 0 Å². The third-order valence-electron chi connectivity index (χ3n) is 6.27. The Labute approximate surface area is 160 Å². The Bertz CT molecular complexity index is 706. The maximum atomic E-state index is 12.9. The number of carbonyl (C=O) groups excluding carboxylic acids is 2. The average molecular weight is 372 g/mol.